The molecule has 1 aromatic heterocycles. The normalized spacial score (nSPS) is 14.0. The van der Waals surface area contributed by atoms with E-state index in [2.05, 4.69) is 10.3 Å². The standard InChI is InChI=1S/C17H17N3O3S2/c1-11(21)15-14(12-5-3-2-4-6-12)19-16(25-15)18-13(22)7-8-20-9-10-24-17(20)23/h2-6H,7-10H2,1H3,(H,18,19,22). The van der Waals surface area contributed by atoms with Gasteiger partial charge in [0.05, 0.1) is 10.6 Å². The molecule has 1 N–H and O–H groups in total. The smallest absolute Gasteiger partial charge is 0.281 e. The Bertz CT molecular complexity index is 805. The lowest BCUT2D eigenvalue weighted by molar-refractivity contribution is -0.116. The Morgan fingerprint density at radius 2 is 2.04 bits per heavy atom. The fraction of sp³-hybridized carbons (Fsp3) is 0.294. The van der Waals surface area contributed by atoms with Crippen molar-refractivity contribution in [2.45, 2.75) is 13.3 Å². The molecule has 1 fully saturated rings. The first-order chi connectivity index (χ1) is 12.0. The zero-order valence-electron chi connectivity index (χ0n) is 13.7. The summed E-state index contributed by atoms with van der Waals surface area (Å²) in [6, 6.07) is 9.40. The number of nitrogens with one attached hydrogen (secondary N) is 1. The molecule has 0 radical (unpaired) electrons. The predicted molar refractivity (Wildman–Crippen MR) is 100 cm³/mol. The summed E-state index contributed by atoms with van der Waals surface area (Å²) in [5.74, 6) is 0.472. The highest BCUT2D eigenvalue weighted by molar-refractivity contribution is 8.13. The van der Waals surface area contributed by atoms with Gasteiger partial charge in [-0.15, -0.1) is 0 Å². The molecule has 1 aromatic carbocycles. The molecule has 0 atom stereocenters. The van der Waals surface area contributed by atoms with Crippen molar-refractivity contribution in [2.75, 3.05) is 24.2 Å². The number of hydrogen-bond acceptors (Lipinski definition) is 6. The van der Waals surface area contributed by atoms with Gasteiger partial charge >= 0.3 is 0 Å². The van der Waals surface area contributed by atoms with Crippen molar-refractivity contribution in [1.29, 1.82) is 0 Å². The average molecular weight is 375 g/mol. The molecular formula is C17H17N3O3S2. The topological polar surface area (TPSA) is 79.4 Å². The van der Waals surface area contributed by atoms with Crippen molar-refractivity contribution in [3.63, 3.8) is 0 Å². The van der Waals surface area contributed by atoms with Gasteiger partial charge < -0.3 is 10.2 Å². The third-order valence-corrected chi connectivity index (χ3v) is 5.66. The molecule has 2 heterocycles. The quantitative estimate of drug-likeness (QED) is 0.782. The maximum absolute atomic E-state index is 12.1. The molecule has 130 valence electrons. The fourth-order valence-corrected chi connectivity index (χ4v) is 4.20. The molecular weight excluding hydrogens is 358 g/mol. The Morgan fingerprint density at radius 1 is 1.28 bits per heavy atom. The molecule has 0 aliphatic carbocycles. The lowest BCUT2D eigenvalue weighted by Gasteiger charge is -2.13. The molecule has 25 heavy (non-hydrogen) atoms. The first-order valence-corrected chi connectivity index (χ1v) is 9.63. The van der Waals surface area contributed by atoms with Gasteiger partial charge in [-0.3, -0.25) is 14.4 Å². The lowest BCUT2D eigenvalue weighted by Crippen LogP contribution is -2.27. The van der Waals surface area contributed by atoms with Gasteiger partial charge in [0.25, 0.3) is 5.24 Å². The summed E-state index contributed by atoms with van der Waals surface area (Å²) in [4.78, 5) is 42.2. The second-order valence-corrected chi connectivity index (χ2v) is 7.56. The van der Waals surface area contributed by atoms with Gasteiger partial charge in [0.2, 0.25) is 5.91 Å². The number of carbonyl (C=O) groups excluding carboxylic acids is 3. The van der Waals surface area contributed by atoms with E-state index in [4.69, 9.17) is 0 Å². The second-order valence-electron chi connectivity index (χ2n) is 5.52. The Hall–Kier alpha value is -2.19. The van der Waals surface area contributed by atoms with E-state index in [-0.39, 0.29) is 23.4 Å². The first kappa shape index (κ1) is 17.6. The van der Waals surface area contributed by atoms with Crippen LogP contribution in [-0.2, 0) is 4.79 Å². The Labute approximate surface area is 153 Å². The van der Waals surface area contributed by atoms with Gasteiger partial charge in [0.15, 0.2) is 10.9 Å². The summed E-state index contributed by atoms with van der Waals surface area (Å²) < 4.78 is 0. The number of thioether (sulfide) groups is 1. The lowest BCUT2D eigenvalue weighted by atomic mass is 10.1. The minimum atomic E-state index is -0.215. The monoisotopic (exact) mass is 375 g/mol. The largest absolute Gasteiger partial charge is 0.332 e. The Balaban J connectivity index is 1.69. The van der Waals surface area contributed by atoms with Crippen LogP contribution in [0.25, 0.3) is 11.3 Å². The minimum absolute atomic E-state index is 0.0206. The average Bonchev–Trinajstić information content (AvgIpc) is 3.20. The number of anilines is 1. The summed E-state index contributed by atoms with van der Waals surface area (Å²) in [6.45, 7) is 2.57. The van der Waals surface area contributed by atoms with Crippen molar-refractivity contribution in [3.05, 3.63) is 35.2 Å². The van der Waals surface area contributed by atoms with Gasteiger partial charge in [0, 0.05) is 37.8 Å². The molecule has 0 spiro atoms. The number of Topliss-reactive ketones (excluding diaryl/α,β-unsaturated/α-hetero) is 1. The van der Waals surface area contributed by atoms with Crippen LogP contribution in [0.4, 0.5) is 9.93 Å². The van der Waals surface area contributed by atoms with Gasteiger partial charge in [-0.2, -0.15) is 0 Å². The molecule has 8 heteroatoms. The van der Waals surface area contributed by atoms with Gasteiger partial charge in [-0.05, 0) is 0 Å². The number of ketones is 1. The SMILES string of the molecule is CC(=O)c1sc(NC(=O)CCN2CCSC2=O)nc1-c1ccccc1. The van der Waals surface area contributed by atoms with Crippen LogP contribution < -0.4 is 5.32 Å². The second kappa shape index (κ2) is 7.79. The van der Waals surface area contributed by atoms with Gasteiger partial charge in [0.1, 0.15) is 0 Å². The number of nitrogens with zero attached hydrogens (tertiary/aromatic N) is 2. The zero-order chi connectivity index (χ0) is 17.8. The van der Waals surface area contributed by atoms with Crippen LogP contribution in [0.15, 0.2) is 30.3 Å². The van der Waals surface area contributed by atoms with Crippen molar-refractivity contribution in [1.82, 2.24) is 9.88 Å². The number of amides is 2. The summed E-state index contributed by atoms with van der Waals surface area (Å²) >= 11 is 2.45. The van der Waals surface area contributed by atoms with Crippen LogP contribution in [0.1, 0.15) is 23.0 Å². The number of benzene rings is 1. The number of rotatable bonds is 6. The third-order valence-electron chi connectivity index (χ3n) is 3.69. The summed E-state index contributed by atoms with van der Waals surface area (Å²) in [6.07, 6.45) is 0.210. The highest BCUT2D eigenvalue weighted by atomic mass is 32.2. The van der Waals surface area contributed by atoms with Crippen molar-refractivity contribution in [2.24, 2.45) is 0 Å². The molecule has 1 aliphatic rings. The fourth-order valence-electron chi connectivity index (χ4n) is 2.45. The van der Waals surface area contributed by atoms with Crippen molar-refractivity contribution >= 4 is 45.2 Å². The van der Waals surface area contributed by atoms with Crippen LogP contribution >= 0.6 is 23.1 Å². The van der Waals surface area contributed by atoms with E-state index in [1.165, 1.54) is 30.0 Å². The van der Waals surface area contributed by atoms with Crippen LogP contribution in [0, 0.1) is 0 Å². The Morgan fingerprint density at radius 3 is 2.68 bits per heavy atom. The summed E-state index contributed by atoms with van der Waals surface area (Å²) in [5, 5.41) is 3.16. The molecule has 2 aromatic rings. The number of carbonyl (C=O) groups is 3. The molecule has 6 nitrogen and oxygen atoms in total. The van der Waals surface area contributed by atoms with E-state index in [1.807, 2.05) is 30.3 Å². The molecule has 1 aliphatic heterocycles. The van der Waals surface area contributed by atoms with E-state index in [1.54, 1.807) is 4.90 Å². The highest BCUT2D eigenvalue weighted by Gasteiger charge is 2.22. The van der Waals surface area contributed by atoms with E-state index in [0.717, 1.165) is 11.3 Å². The third kappa shape index (κ3) is 4.26. The van der Waals surface area contributed by atoms with Crippen LogP contribution in [0.3, 0.4) is 0 Å². The van der Waals surface area contributed by atoms with Crippen LogP contribution in [-0.4, -0.2) is 45.7 Å². The Kier molecular flexibility index (Phi) is 5.50. The number of hydrogen-bond donors (Lipinski definition) is 1. The molecule has 2 amide bonds. The molecule has 1 saturated heterocycles. The predicted octanol–water partition coefficient (Wildman–Crippen LogP) is 3.51. The molecule has 3 rings (SSSR count). The van der Waals surface area contributed by atoms with E-state index in [9.17, 15) is 14.4 Å². The maximum atomic E-state index is 12.1. The van der Waals surface area contributed by atoms with Crippen LogP contribution in [0.5, 0.6) is 0 Å². The van der Waals surface area contributed by atoms with Crippen LogP contribution in [0.2, 0.25) is 0 Å². The van der Waals surface area contributed by atoms with Gasteiger partial charge in [-0.25, -0.2) is 4.98 Å². The van der Waals surface area contributed by atoms with E-state index < -0.39 is 0 Å². The first-order valence-electron chi connectivity index (χ1n) is 7.83. The molecule has 0 saturated carbocycles. The minimum Gasteiger partial charge on any atom is -0.332 e. The summed E-state index contributed by atoms with van der Waals surface area (Å²) in [5.41, 5.74) is 1.42. The number of thiazole rings is 1. The van der Waals surface area contributed by atoms with Crippen molar-refractivity contribution in [3.8, 4) is 11.3 Å². The van der Waals surface area contributed by atoms with E-state index in [0.29, 0.717) is 28.8 Å². The van der Waals surface area contributed by atoms with Gasteiger partial charge in [-0.1, -0.05) is 53.4 Å². The highest BCUT2D eigenvalue weighted by Crippen LogP contribution is 2.31. The molecule has 0 unspecified atom stereocenters. The summed E-state index contributed by atoms with van der Waals surface area (Å²) in [7, 11) is 0. The molecule has 0 bridgehead atoms. The maximum Gasteiger partial charge on any atom is 0.281 e. The van der Waals surface area contributed by atoms with Crippen molar-refractivity contribution < 1.29 is 14.4 Å². The number of aromatic nitrogens is 1. The van der Waals surface area contributed by atoms with E-state index >= 15 is 0 Å². The zero-order valence-corrected chi connectivity index (χ0v) is 15.3.